The summed E-state index contributed by atoms with van der Waals surface area (Å²) in [5.74, 6) is -0.0340. The molecule has 3 nitrogen and oxygen atoms in total. The second kappa shape index (κ2) is 6.23. The molecule has 0 aromatic heterocycles. The number of hydrogen-bond donors (Lipinski definition) is 1. The molecule has 2 rings (SSSR count). The molecule has 0 atom stereocenters. The van der Waals surface area contributed by atoms with E-state index in [2.05, 4.69) is 34.5 Å². The van der Waals surface area contributed by atoms with Crippen molar-refractivity contribution < 1.29 is 4.79 Å². The van der Waals surface area contributed by atoms with Gasteiger partial charge >= 0.3 is 0 Å². The Hall–Kier alpha value is -2.03. The van der Waals surface area contributed by atoms with E-state index in [0.29, 0.717) is 6.54 Å². The first-order chi connectivity index (χ1) is 9.15. The monoisotopic (exact) mass is 256 g/mol. The van der Waals surface area contributed by atoms with Crippen LogP contribution in [0.5, 0.6) is 0 Å². The van der Waals surface area contributed by atoms with Crippen molar-refractivity contribution in [2.75, 3.05) is 18.0 Å². The molecule has 1 aliphatic heterocycles. The fourth-order valence-electron chi connectivity index (χ4n) is 2.05. The van der Waals surface area contributed by atoms with Crippen molar-refractivity contribution in [3.8, 4) is 0 Å². The molecule has 1 heterocycles. The standard InChI is InChI=1S/C16H20N2O/c1-13(2)10-16(19)17-12-14-6-5-7-15(11-14)18-8-3-4-9-18/h3-7,10-11H,8-9,12H2,1-2H3,(H,17,19). The van der Waals surface area contributed by atoms with Crippen LogP contribution in [0.3, 0.4) is 0 Å². The molecule has 1 amide bonds. The van der Waals surface area contributed by atoms with Crippen LogP contribution >= 0.6 is 0 Å². The van der Waals surface area contributed by atoms with Crippen molar-refractivity contribution in [2.24, 2.45) is 0 Å². The quantitative estimate of drug-likeness (QED) is 0.663. The fraction of sp³-hybridized carbons (Fsp3) is 0.312. The Balaban J connectivity index is 1.95. The molecule has 0 saturated carbocycles. The molecule has 0 saturated heterocycles. The first kappa shape index (κ1) is 13.4. The van der Waals surface area contributed by atoms with Crippen LogP contribution in [-0.4, -0.2) is 19.0 Å². The van der Waals surface area contributed by atoms with Gasteiger partial charge in [0.15, 0.2) is 0 Å². The van der Waals surface area contributed by atoms with E-state index in [1.807, 2.05) is 26.0 Å². The maximum atomic E-state index is 11.6. The van der Waals surface area contributed by atoms with Gasteiger partial charge in [-0.3, -0.25) is 4.79 Å². The highest BCUT2D eigenvalue weighted by Crippen LogP contribution is 2.18. The lowest BCUT2D eigenvalue weighted by Gasteiger charge is -2.18. The van der Waals surface area contributed by atoms with Gasteiger partial charge in [-0.05, 0) is 31.5 Å². The van der Waals surface area contributed by atoms with Gasteiger partial charge in [0.25, 0.3) is 0 Å². The van der Waals surface area contributed by atoms with Gasteiger partial charge in [-0.25, -0.2) is 0 Å². The predicted molar refractivity (Wildman–Crippen MR) is 79.1 cm³/mol. The molecule has 0 radical (unpaired) electrons. The molecular weight excluding hydrogens is 236 g/mol. The highest BCUT2D eigenvalue weighted by molar-refractivity contribution is 5.87. The van der Waals surface area contributed by atoms with Gasteiger partial charge in [0, 0.05) is 31.4 Å². The van der Waals surface area contributed by atoms with Crippen LogP contribution in [0.2, 0.25) is 0 Å². The summed E-state index contributed by atoms with van der Waals surface area (Å²) >= 11 is 0. The highest BCUT2D eigenvalue weighted by atomic mass is 16.1. The van der Waals surface area contributed by atoms with Crippen molar-refractivity contribution in [3.05, 3.63) is 53.6 Å². The number of anilines is 1. The summed E-state index contributed by atoms with van der Waals surface area (Å²) in [5.41, 5.74) is 3.34. The lowest BCUT2D eigenvalue weighted by atomic mass is 10.2. The van der Waals surface area contributed by atoms with Crippen LogP contribution in [0.1, 0.15) is 19.4 Å². The number of nitrogens with zero attached hydrogens (tertiary/aromatic N) is 1. The molecule has 0 spiro atoms. The number of rotatable bonds is 4. The molecule has 0 unspecified atom stereocenters. The third-order valence-electron chi connectivity index (χ3n) is 2.98. The lowest BCUT2D eigenvalue weighted by molar-refractivity contribution is -0.116. The number of carbonyl (C=O) groups excluding carboxylic acids is 1. The second-order valence-electron chi connectivity index (χ2n) is 4.99. The summed E-state index contributed by atoms with van der Waals surface area (Å²) in [5, 5.41) is 2.90. The van der Waals surface area contributed by atoms with Gasteiger partial charge in [0.05, 0.1) is 0 Å². The molecule has 1 aromatic rings. The smallest absolute Gasteiger partial charge is 0.244 e. The summed E-state index contributed by atoms with van der Waals surface area (Å²) in [6, 6.07) is 8.32. The maximum Gasteiger partial charge on any atom is 0.244 e. The van der Waals surface area contributed by atoms with Crippen molar-refractivity contribution in [2.45, 2.75) is 20.4 Å². The van der Waals surface area contributed by atoms with Gasteiger partial charge in [-0.2, -0.15) is 0 Å². The zero-order chi connectivity index (χ0) is 13.7. The Morgan fingerprint density at radius 1 is 1.32 bits per heavy atom. The molecule has 3 heteroatoms. The minimum absolute atomic E-state index is 0.0340. The number of allylic oxidation sites excluding steroid dienone is 1. The Bertz CT molecular complexity index is 505. The Morgan fingerprint density at radius 2 is 2.05 bits per heavy atom. The largest absolute Gasteiger partial charge is 0.364 e. The zero-order valence-corrected chi connectivity index (χ0v) is 11.5. The molecule has 1 aromatic carbocycles. The summed E-state index contributed by atoms with van der Waals surface area (Å²) in [6.07, 6.45) is 5.96. The number of amides is 1. The van der Waals surface area contributed by atoms with Crippen LogP contribution in [0, 0.1) is 0 Å². The average Bonchev–Trinajstić information content (AvgIpc) is 2.90. The second-order valence-corrected chi connectivity index (χ2v) is 4.99. The maximum absolute atomic E-state index is 11.6. The van der Waals surface area contributed by atoms with Crippen molar-refractivity contribution >= 4 is 11.6 Å². The number of benzene rings is 1. The normalized spacial score (nSPS) is 13.5. The third-order valence-corrected chi connectivity index (χ3v) is 2.98. The van der Waals surface area contributed by atoms with Crippen molar-refractivity contribution in [3.63, 3.8) is 0 Å². The SMILES string of the molecule is CC(C)=CC(=O)NCc1cccc(N2CC=CC2)c1. The Morgan fingerprint density at radius 3 is 2.74 bits per heavy atom. The van der Waals surface area contributed by atoms with Crippen LogP contribution in [-0.2, 0) is 11.3 Å². The molecular formula is C16H20N2O. The molecule has 19 heavy (non-hydrogen) atoms. The van der Waals surface area contributed by atoms with E-state index in [-0.39, 0.29) is 5.91 Å². The summed E-state index contributed by atoms with van der Waals surface area (Å²) in [7, 11) is 0. The number of nitrogens with one attached hydrogen (secondary N) is 1. The number of carbonyl (C=O) groups is 1. The van der Waals surface area contributed by atoms with Crippen LogP contribution in [0.4, 0.5) is 5.69 Å². The van der Waals surface area contributed by atoms with Gasteiger partial charge in [-0.1, -0.05) is 29.9 Å². The van der Waals surface area contributed by atoms with E-state index >= 15 is 0 Å². The van der Waals surface area contributed by atoms with E-state index < -0.39 is 0 Å². The Labute approximate surface area is 114 Å². The third kappa shape index (κ3) is 3.98. The summed E-state index contributed by atoms with van der Waals surface area (Å²) in [6.45, 7) is 6.33. The van der Waals surface area contributed by atoms with Gasteiger partial charge in [-0.15, -0.1) is 0 Å². The topological polar surface area (TPSA) is 32.3 Å². The van der Waals surface area contributed by atoms with E-state index in [4.69, 9.17) is 0 Å². The molecule has 1 aliphatic rings. The van der Waals surface area contributed by atoms with E-state index in [0.717, 1.165) is 24.2 Å². The van der Waals surface area contributed by atoms with Gasteiger partial charge in [0.2, 0.25) is 5.91 Å². The van der Waals surface area contributed by atoms with Crippen LogP contribution in [0.15, 0.2) is 48.1 Å². The molecule has 100 valence electrons. The summed E-state index contributed by atoms with van der Waals surface area (Å²) in [4.78, 5) is 13.9. The highest BCUT2D eigenvalue weighted by Gasteiger charge is 2.07. The van der Waals surface area contributed by atoms with Crippen molar-refractivity contribution in [1.82, 2.24) is 5.32 Å². The first-order valence-corrected chi connectivity index (χ1v) is 6.57. The minimum atomic E-state index is -0.0340. The van der Waals surface area contributed by atoms with Gasteiger partial charge < -0.3 is 10.2 Å². The lowest BCUT2D eigenvalue weighted by Crippen LogP contribution is -2.21. The van der Waals surface area contributed by atoms with E-state index in [9.17, 15) is 4.79 Å². The Kier molecular flexibility index (Phi) is 4.39. The molecule has 0 bridgehead atoms. The zero-order valence-electron chi connectivity index (χ0n) is 11.5. The minimum Gasteiger partial charge on any atom is -0.364 e. The molecule has 0 aliphatic carbocycles. The van der Waals surface area contributed by atoms with Gasteiger partial charge in [0.1, 0.15) is 0 Å². The van der Waals surface area contributed by atoms with Crippen molar-refractivity contribution in [1.29, 1.82) is 0 Å². The molecule has 0 fully saturated rings. The van der Waals surface area contributed by atoms with E-state index in [1.165, 1.54) is 5.69 Å². The van der Waals surface area contributed by atoms with Crippen LogP contribution < -0.4 is 10.2 Å². The summed E-state index contributed by atoms with van der Waals surface area (Å²) < 4.78 is 0. The van der Waals surface area contributed by atoms with Crippen LogP contribution in [0.25, 0.3) is 0 Å². The fourth-order valence-corrected chi connectivity index (χ4v) is 2.05. The van der Waals surface area contributed by atoms with E-state index in [1.54, 1.807) is 6.08 Å². The molecule has 1 N–H and O–H groups in total. The predicted octanol–water partition coefficient (Wildman–Crippen LogP) is 2.65. The average molecular weight is 256 g/mol. The number of hydrogen-bond acceptors (Lipinski definition) is 2. The first-order valence-electron chi connectivity index (χ1n) is 6.57.